The summed E-state index contributed by atoms with van der Waals surface area (Å²) in [5, 5.41) is 5.06. The van der Waals surface area contributed by atoms with Crippen molar-refractivity contribution in [2.24, 2.45) is 5.14 Å². The number of nitrogens with one attached hydrogen (secondary N) is 1. The quantitative estimate of drug-likeness (QED) is 0.412. The Kier molecular flexibility index (Phi) is 6.00. The van der Waals surface area contributed by atoms with Crippen LogP contribution >= 0.6 is 11.6 Å². The Bertz CT molecular complexity index is 1040. The lowest BCUT2D eigenvalue weighted by atomic mass is 10.1. The lowest BCUT2D eigenvalue weighted by Gasteiger charge is -2.23. The number of fused-ring (bicyclic) bond motifs is 1. The van der Waals surface area contributed by atoms with E-state index in [4.69, 9.17) is 31.0 Å². The summed E-state index contributed by atoms with van der Waals surface area (Å²) in [6.45, 7) is 1.98. The largest absolute Gasteiger partial charge is 0.456 e. The molecule has 0 aromatic carbocycles. The van der Waals surface area contributed by atoms with Gasteiger partial charge in [-0.05, 0) is 0 Å². The van der Waals surface area contributed by atoms with Crippen molar-refractivity contribution >= 4 is 44.9 Å². The zero-order valence-corrected chi connectivity index (χ0v) is 16.8. The molecule has 1 aliphatic heterocycles. The van der Waals surface area contributed by atoms with Gasteiger partial charge >= 0.3 is 11.9 Å². The number of nitrogens with zero attached hydrogens (tertiary/aromatic N) is 4. The molecule has 0 unspecified atom stereocenters. The van der Waals surface area contributed by atoms with E-state index in [9.17, 15) is 18.0 Å². The van der Waals surface area contributed by atoms with Crippen LogP contribution in [0.4, 0.5) is 0 Å². The van der Waals surface area contributed by atoms with Gasteiger partial charge in [0.15, 0.2) is 29.2 Å². The smallest absolute Gasteiger partial charge is 0.303 e. The predicted molar refractivity (Wildman–Crippen MR) is 96.5 cm³/mol. The maximum absolute atomic E-state index is 11.7. The topological polar surface area (TPSA) is 178 Å². The fourth-order valence-electron chi connectivity index (χ4n) is 2.96. The van der Waals surface area contributed by atoms with E-state index >= 15 is 0 Å². The zero-order chi connectivity index (χ0) is 21.3. The van der Waals surface area contributed by atoms with Crippen LogP contribution in [0.25, 0.3) is 11.2 Å². The normalized spacial score (nSPS) is 24.6. The van der Waals surface area contributed by atoms with Crippen LogP contribution in [0.5, 0.6) is 0 Å². The van der Waals surface area contributed by atoms with Gasteiger partial charge in [-0.15, -0.1) is 0 Å². The van der Waals surface area contributed by atoms with E-state index in [0.29, 0.717) is 0 Å². The number of hydrogen-bond acceptors (Lipinski definition) is 10. The molecule has 3 rings (SSSR count). The van der Waals surface area contributed by atoms with Gasteiger partial charge in [0.25, 0.3) is 10.2 Å². The van der Waals surface area contributed by atoms with Crippen molar-refractivity contribution in [1.29, 1.82) is 0 Å². The van der Waals surface area contributed by atoms with Gasteiger partial charge in [0.1, 0.15) is 17.9 Å². The van der Waals surface area contributed by atoms with E-state index in [2.05, 4.69) is 19.7 Å². The molecule has 0 saturated carbocycles. The van der Waals surface area contributed by atoms with Gasteiger partial charge in [-0.25, -0.2) is 20.1 Å². The minimum atomic E-state index is -4.05. The summed E-state index contributed by atoms with van der Waals surface area (Å²) >= 11 is 6.01. The third-order valence-corrected chi connectivity index (χ3v) is 4.81. The number of hydrogen-bond donors (Lipinski definition) is 2. The number of imidazole rings is 1. The number of halogens is 1. The van der Waals surface area contributed by atoms with Gasteiger partial charge in [0.2, 0.25) is 0 Å². The van der Waals surface area contributed by atoms with Gasteiger partial charge in [0, 0.05) is 20.4 Å². The van der Waals surface area contributed by atoms with E-state index in [-0.39, 0.29) is 22.9 Å². The van der Waals surface area contributed by atoms with Gasteiger partial charge in [0.05, 0.1) is 6.33 Å². The Labute approximate surface area is 169 Å². The van der Waals surface area contributed by atoms with Crippen molar-refractivity contribution in [1.82, 2.24) is 24.2 Å². The van der Waals surface area contributed by atoms with Gasteiger partial charge in [-0.2, -0.15) is 13.1 Å². The van der Waals surface area contributed by atoms with E-state index < -0.39 is 46.7 Å². The molecule has 1 aliphatic rings. The number of esters is 2. The average Bonchev–Trinajstić information content (AvgIpc) is 3.15. The fraction of sp³-hybridized carbons (Fsp3) is 0.500. The number of aromatic nitrogens is 4. The first-order chi connectivity index (χ1) is 13.6. The molecular formula is C14H17ClN6O7S. The lowest BCUT2D eigenvalue weighted by molar-refractivity contribution is -0.165. The maximum Gasteiger partial charge on any atom is 0.303 e. The molecule has 0 radical (unpaired) electrons. The molecule has 2 aromatic rings. The molecule has 1 fully saturated rings. The first-order valence-corrected chi connectivity index (χ1v) is 10.1. The summed E-state index contributed by atoms with van der Waals surface area (Å²) in [4.78, 5) is 35.3. The SMILES string of the molecule is CC(=O)O[C@@H]1[C@H](OC(C)=O)[C@@H](CNS(N)(=O)=O)O[C@H]1n1cnc2c(Cl)ncnc21. The number of carbonyl (C=O) groups excluding carboxylic acids is 2. The molecule has 0 amide bonds. The minimum absolute atomic E-state index is 0.0970. The molecule has 29 heavy (non-hydrogen) atoms. The van der Waals surface area contributed by atoms with Crippen molar-refractivity contribution < 1.29 is 32.2 Å². The van der Waals surface area contributed by atoms with Crippen molar-refractivity contribution in [3.8, 4) is 0 Å². The van der Waals surface area contributed by atoms with Crippen molar-refractivity contribution in [3.63, 3.8) is 0 Å². The number of rotatable bonds is 6. The second-order valence-corrected chi connectivity index (χ2v) is 7.83. The summed E-state index contributed by atoms with van der Waals surface area (Å²) < 4.78 is 42.5. The standard InChI is InChI=1S/C14H17ClN6O7S/c1-6(22)26-10-8(3-20-29(16,24)25)28-14(11(10)27-7(2)23)21-5-19-9-12(15)17-4-18-13(9)21/h4-5,8,10-11,14,20H,3H2,1-2H3,(H2,16,24,25)/t8-,10-,11-,14-/m1/s1. The van der Waals surface area contributed by atoms with Crippen molar-refractivity contribution in [2.45, 2.75) is 38.4 Å². The molecule has 0 bridgehead atoms. The monoisotopic (exact) mass is 448 g/mol. The molecular weight excluding hydrogens is 432 g/mol. The highest BCUT2D eigenvalue weighted by atomic mass is 35.5. The molecule has 13 nitrogen and oxygen atoms in total. The third kappa shape index (κ3) is 4.79. The molecule has 1 saturated heterocycles. The van der Waals surface area contributed by atoms with Crippen LogP contribution in [0.2, 0.25) is 5.15 Å². The van der Waals surface area contributed by atoms with Gasteiger partial charge in [-0.3, -0.25) is 14.2 Å². The molecule has 3 N–H and O–H groups in total. The summed E-state index contributed by atoms with van der Waals surface area (Å²) in [6, 6.07) is 0. The predicted octanol–water partition coefficient (Wildman–Crippen LogP) is -0.966. The Morgan fingerprint density at radius 3 is 2.52 bits per heavy atom. The number of nitrogens with two attached hydrogens (primary N) is 1. The van der Waals surface area contributed by atoms with Crippen LogP contribution in [0.1, 0.15) is 20.1 Å². The highest BCUT2D eigenvalue weighted by Gasteiger charge is 2.50. The second kappa shape index (κ2) is 8.16. The Morgan fingerprint density at radius 1 is 1.24 bits per heavy atom. The molecule has 0 aliphatic carbocycles. The molecule has 2 aromatic heterocycles. The van der Waals surface area contributed by atoms with Crippen molar-refractivity contribution in [2.75, 3.05) is 6.54 Å². The van der Waals surface area contributed by atoms with E-state index in [1.807, 2.05) is 0 Å². The van der Waals surface area contributed by atoms with Gasteiger partial charge in [-0.1, -0.05) is 11.6 Å². The van der Waals surface area contributed by atoms with Crippen LogP contribution in [0.3, 0.4) is 0 Å². The number of carbonyl (C=O) groups is 2. The summed E-state index contributed by atoms with van der Waals surface area (Å²) in [5.74, 6) is -1.35. The summed E-state index contributed by atoms with van der Waals surface area (Å²) in [7, 11) is -4.05. The lowest BCUT2D eigenvalue weighted by Crippen LogP contribution is -2.44. The molecule has 4 atom stereocenters. The van der Waals surface area contributed by atoms with Crippen molar-refractivity contribution in [3.05, 3.63) is 17.8 Å². The van der Waals surface area contributed by atoms with Gasteiger partial charge < -0.3 is 14.2 Å². The fourth-order valence-corrected chi connectivity index (χ4v) is 3.53. The highest BCUT2D eigenvalue weighted by molar-refractivity contribution is 7.87. The average molecular weight is 449 g/mol. The van der Waals surface area contributed by atoms with E-state index in [1.165, 1.54) is 24.1 Å². The molecule has 3 heterocycles. The second-order valence-electron chi connectivity index (χ2n) is 6.10. The first kappa shape index (κ1) is 21.3. The molecule has 0 spiro atoms. The molecule has 158 valence electrons. The maximum atomic E-state index is 11.7. The van der Waals surface area contributed by atoms with Crippen LogP contribution in [0.15, 0.2) is 12.7 Å². The van der Waals surface area contributed by atoms with E-state index in [1.54, 1.807) is 0 Å². The molecule has 15 heteroatoms. The summed E-state index contributed by atoms with van der Waals surface area (Å²) in [5.41, 5.74) is 0.545. The minimum Gasteiger partial charge on any atom is -0.456 e. The van der Waals surface area contributed by atoms with Crippen LogP contribution in [-0.2, 0) is 34.0 Å². The van der Waals surface area contributed by atoms with E-state index in [0.717, 1.165) is 6.92 Å². The van der Waals surface area contributed by atoms with Crippen LogP contribution in [0, 0.1) is 0 Å². The third-order valence-electron chi connectivity index (χ3n) is 3.96. The van der Waals surface area contributed by atoms with Crippen LogP contribution < -0.4 is 9.86 Å². The zero-order valence-electron chi connectivity index (χ0n) is 15.2. The van der Waals surface area contributed by atoms with Crippen LogP contribution in [-0.4, -0.2) is 64.7 Å². The number of ether oxygens (including phenoxy) is 3. The Hall–Kier alpha value is -2.39. The summed E-state index contributed by atoms with van der Waals surface area (Å²) in [6.07, 6.45) is -1.79. The Balaban J connectivity index is 2.02. The highest BCUT2D eigenvalue weighted by Crippen LogP contribution is 2.36. The Morgan fingerprint density at radius 2 is 1.90 bits per heavy atom. The first-order valence-electron chi connectivity index (χ1n) is 8.17.